The predicted octanol–water partition coefficient (Wildman–Crippen LogP) is 3.29. The second-order valence-electron chi connectivity index (χ2n) is 4.40. The Kier molecular flexibility index (Phi) is 3.24. The minimum Gasteiger partial charge on any atom is -0.306 e. The fraction of sp³-hybridized carbons (Fsp3) is 0.308. The molecule has 0 saturated heterocycles. The zero-order valence-electron chi connectivity index (χ0n) is 10.7. The first-order valence-corrected chi connectivity index (χ1v) is 7.38. The first-order valence-electron chi connectivity index (χ1n) is 5.97. The van der Waals surface area contributed by atoms with Gasteiger partial charge in [0.15, 0.2) is 5.65 Å². The Bertz CT molecular complexity index is 731. The molecular formula is C13H13ClN4S. The molecule has 0 fully saturated rings. The molecule has 6 heteroatoms. The number of nitrogens with zero attached hydrogens (tertiary/aromatic N) is 4. The van der Waals surface area contributed by atoms with Gasteiger partial charge in [-0.3, -0.25) is 0 Å². The lowest BCUT2D eigenvalue weighted by Crippen LogP contribution is -2.05. The first kappa shape index (κ1) is 12.6. The maximum absolute atomic E-state index is 5.99. The van der Waals surface area contributed by atoms with Gasteiger partial charge in [-0.05, 0) is 26.0 Å². The van der Waals surface area contributed by atoms with Gasteiger partial charge in [0, 0.05) is 11.1 Å². The van der Waals surface area contributed by atoms with Crippen LogP contribution in [0.15, 0.2) is 17.5 Å². The Morgan fingerprint density at radius 2 is 2.05 bits per heavy atom. The van der Waals surface area contributed by atoms with Crippen molar-refractivity contribution in [1.82, 2.24) is 19.5 Å². The molecule has 0 aliphatic carbocycles. The van der Waals surface area contributed by atoms with Gasteiger partial charge in [-0.15, -0.1) is 22.9 Å². The number of hydrogen-bond acceptors (Lipinski definition) is 4. The summed E-state index contributed by atoms with van der Waals surface area (Å²) in [6.45, 7) is 4.65. The molecule has 3 aromatic rings. The second-order valence-corrected chi connectivity index (χ2v) is 5.73. The highest BCUT2D eigenvalue weighted by atomic mass is 35.5. The predicted molar refractivity (Wildman–Crippen MR) is 77.8 cm³/mol. The van der Waals surface area contributed by atoms with E-state index in [-0.39, 0.29) is 0 Å². The van der Waals surface area contributed by atoms with E-state index in [9.17, 15) is 0 Å². The first-order chi connectivity index (χ1) is 9.17. The third kappa shape index (κ3) is 2.35. The van der Waals surface area contributed by atoms with E-state index in [0.29, 0.717) is 12.4 Å². The molecule has 0 aliphatic rings. The number of halogens is 1. The van der Waals surface area contributed by atoms with Crippen molar-refractivity contribution in [3.8, 4) is 0 Å². The van der Waals surface area contributed by atoms with E-state index in [1.807, 2.05) is 30.5 Å². The summed E-state index contributed by atoms with van der Waals surface area (Å²) in [4.78, 5) is 13.6. The number of alkyl halides is 1. The molecule has 0 N–H and O–H groups in total. The number of aryl methyl sites for hydroxylation is 2. The van der Waals surface area contributed by atoms with Crippen LogP contribution >= 0.6 is 22.9 Å². The highest BCUT2D eigenvalue weighted by Crippen LogP contribution is 2.19. The summed E-state index contributed by atoms with van der Waals surface area (Å²) in [6, 6.07) is 3.95. The average Bonchev–Trinajstić information content (AvgIpc) is 2.94. The lowest BCUT2D eigenvalue weighted by Gasteiger charge is -2.05. The highest BCUT2D eigenvalue weighted by molar-refractivity contribution is 7.09. The summed E-state index contributed by atoms with van der Waals surface area (Å²) >= 11 is 7.64. The van der Waals surface area contributed by atoms with Crippen LogP contribution in [0.5, 0.6) is 0 Å². The molecule has 0 atom stereocenters. The summed E-state index contributed by atoms with van der Waals surface area (Å²) in [5, 5.41) is 3.13. The summed E-state index contributed by atoms with van der Waals surface area (Å²) in [6.07, 6.45) is 0. The molecule has 0 radical (unpaired) electrons. The summed E-state index contributed by atoms with van der Waals surface area (Å²) in [5.41, 5.74) is 3.76. The van der Waals surface area contributed by atoms with Crippen LogP contribution in [0.4, 0.5) is 0 Å². The number of hydrogen-bond donors (Lipinski definition) is 0. The van der Waals surface area contributed by atoms with Crippen LogP contribution in [0, 0.1) is 13.8 Å². The van der Waals surface area contributed by atoms with Crippen molar-refractivity contribution in [3.63, 3.8) is 0 Å². The number of thiazole rings is 1. The van der Waals surface area contributed by atoms with Crippen LogP contribution in [0.25, 0.3) is 11.2 Å². The van der Waals surface area contributed by atoms with Gasteiger partial charge in [0.1, 0.15) is 11.3 Å². The Hall–Kier alpha value is -1.46. The molecule has 0 amide bonds. The van der Waals surface area contributed by atoms with Gasteiger partial charge in [-0.25, -0.2) is 15.0 Å². The van der Waals surface area contributed by atoms with E-state index in [2.05, 4.69) is 20.3 Å². The average molecular weight is 293 g/mol. The van der Waals surface area contributed by atoms with Crippen molar-refractivity contribution in [3.05, 3.63) is 39.7 Å². The Morgan fingerprint density at radius 3 is 2.74 bits per heavy atom. The standard InChI is InChI=1S/C13H13ClN4S/c1-8-3-4-11-13(15-8)18(12(5-14)17-11)6-10-7-19-9(2)16-10/h3-4,7H,5-6H2,1-2H3. The molecule has 0 aliphatic heterocycles. The molecule has 3 heterocycles. The number of fused-ring (bicyclic) bond motifs is 1. The highest BCUT2D eigenvalue weighted by Gasteiger charge is 2.12. The van der Waals surface area contributed by atoms with Crippen LogP contribution < -0.4 is 0 Å². The largest absolute Gasteiger partial charge is 0.306 e. The van der Waals surface area contributed by atoms with Crippen molar-refractivity contribution in [1.29, 1.82) is 0 Å². The van der Waals surface area contributed by atoms with Crippen molar-refractivity contribution in [2.24, 2.45) is 0 Å². The molecule has 0 aromatic carbocycles. The molecule has 3 aromatic heterocycles. The van der Waals surface area contributed by atoms with Gasteiger partial charge in [-0.2, -0.15) is 0 Å². The molecule has 4 nitrogen and oxygen atoms in total. The van der Waals surface area contributed by atoms with Crippen LogP contribution in [0.1, 0.15) is 22.2 Å². The molecule has 19 heavy (non-hydrogen) atoms. The van der Waals surface area contributed by atoms with E-state index in [0.717, 1.165) is 33.4 Å². The fourth-order valence-corrected chi connectivity index (χ4v) is 2.86. The molecule has 3 rings (SSSR count). The van der Waals surface area contributed by atoms with Gasteiger partial charge < -0.3 is 4.57 Å². The number of pyridine rings is 1. The third-order valence-corrected chi connectivity index (χ3v) is 3.98. The maximum atomic E-state index is 5.99. The summed E-state index contributed by atoms with van der Waals surface area (Å²) < 4.78 is 2.05. The number of rotatable bonds is 3. The van der Waals surface area contributed by atoms with Gasteiger partial charge in [0.25, 0.3) is 0 Å². The van der Waals surface area contributed by atoms with Crippen LogP contribution in [0.3, 0.4) is 0 Å². The van der Waals surface area contributed by atoms with Crippen LogP contribution in [-0.2, 0) is 12.4 Å². The second kappa shape index (κ2) is 4.90. The van der Waals surface area contributed by atoms with Crippen molar-refractivity contribution in [2.45, 2.75) is 26.3 Å². The van der Waals surface area contributed by atoms with E-state index in [4.69, 9.17) is 11.6 Å². The van der Waals surface area contributed by atoms with Crippen LogP contribution in [0.2, 0.25) is 0 Å². The molecule has 0 spiro atoms. The minimum absolute atomic E-state index is 0.374. The minimum atomic E-state index is 0.374. The number of aromatic nitrogens is 4. The van der Waals surface area contributed by atoms with E-state index < -0.39 is 0 Å². The summed E-state index contributed by atoms with van der Waals surface area (Å²) in [7, 11) is 0. The van der Waals surface area contributed by atoms with Crippen LogP contribution in [-0.4, -0.2) is 19.5 Å². The monoisotopic (exact) mass is 292 g/mol. The maximum Gasteiger partial charge on any atom is 0.160 e. The quantitative estimate of drug-likeness (QED) is 0.696. The molecular weight excluding hydrogens is 280 g/mol. The van der Waals surface area contributed by atoms with E-state index in [1.54, 1.807) is 11.3 Å². The molecule has 98 valence electrons. The SMILES string of the molecule is Cc1ccc2nc(CCl)n(Cc3csc(C)n3)c2n1. The lowest BCUT2D eigenvalue weighted by atomic mass is 10.3. The van der Waals surface area contributed by atoms with Gasteiger partial charge >= 0.3 is 0 Å². The smallest absolute Gasteiger partial charge is 0.160 e. The Balaban J connectivity index is 2.12. The van der Waals surface area contributed by atoms with E-state index >= 15 is 0 Å². The molecule has 0 unspecified atom stereocenters. The topological polar surface area (TPSA) is 43.6 Å². The van der Waals surface area contributed by atoms with Crippen molar-refractivity contribution >= 4 is 34.1 Å². The normalized spacial score (nSPS) is 11.3. The Labute approximate surface area is 120 Å². The van der Waals surface area contributed by atoms with Gasteiger partial charge in [0.2, 0.25) is 0 Å². The zero-order valence-corrected chi connectivity index (χ0v) is 12.3. The summed E-state index contributed by atoms with van der Waals surface area (Å²) in [5.74, 6) is 1.21. The van der Waals surface area contributed by atoms with Gasteiger partial charge in [-0.1, -0.05) is 0 Å². The zero-order chi connectivity index (χ0) is 13.4. The van der Waals surface area contributed by atoms with E-state index in [1.165, 1.54) is 0 Å². The fourth-order valence-electron chi connectivity index (χ4n) is 2.05. The van der Waals surface area contributed by atoms with Crippen molar-refractivity contribution < 1.29 is 0 Å². The molecule has 0 bridgehead atoms. The Morgan fingerprint density at radius 1 is 1.21 bits per heavy atom. The third-order valence-electron chi connectivity index (χ3n) is 2.92. The number of imidazole rings is 1. The van der Waals surface area contributed by atoms with Gasteiger partial charge in [0.05, 0.1) is 23.1 Å². The lowest BCUT2D eigenvalue weighted by molar-refractivity contribution is 0.753. The molecule has 0 saturated carbocycles. The van der Waals surface area contributed by atoms with Crippen molar-refractivity contribution in [2.75, 3.05) is 0 Å².